The average Bonchev–Trinajstić information content (AvgIpc) is 4.35. The molecule has 0 amide bonds. The van der Waals surface area contributed by atoms with Crippen molar-refractivity contribution in [2.24, 2.45) is 0 Å². The van der Waals surface area contributed by atoms with Crippen LogP contribution in [0.4, 0.5) is 0 Å². The van der Waals surface area contributed by atoms with Crippen LogP contribution in [-0.2, 0) is 37.3 Å². The summed E-state index contributed by atoms with van der Waals surface area (Å²) in [7, 11) is 0. The predicted octanol–water partition coefficient (Wildman–Crippen LogP) is 19.7. The topological polar surface area (TPSA) is 69.0 Å². The first kappa shape index (κ1) is 53.1. The minimum atomic E-state index is -0.370. The van der Waals surface area contributed by atoms with Crippen molar-refractivity contribution in [2.75, 3.05) is 0 Å². The zero-order chi connectivity index (χ0) is 55.2. The summed E-state index contributed by atoms with van der Waals surface area (Å²) in [4.78, 5) is 11.3. The van der Waals surface area contributed by atoms with Crippen LogP contribution in [0.15, 0.2) is 217 Å². The molecule has 6 nitrogen and oxygen atoms in total. The number of phenolic OH excluding ortho intramolecular Hbond substituents is 1. The maximum Gasteiger partial charge on any atom is 0.161 e. The van der Waals surface area contributed by atoms with E-state index < -0.39 is 0 Å². The molecule has 10 aromatic carbocycles. The van der Waals surface area contributed by atoms with Crippen LogP contribution in [0.5, 0.6) is 5.75 Å². The second-order valence-electron chi connectivity index (χ2n) is 24.3. The van der Waals surface area contributed by atoms with E-state index in [4.69, 9.17) is 14.4 Å². The minimum absolute atomic E-state index is 0. The van der Waals surface area contributed by atoms with Gasteiger partial charge in [0.05, 0.1) is 33.6 Å². The molecule has 0 atom stereocenters. The third-order valence-corrected chi connectivity index (χ3v) is 15.8. The Morgan fingerprint density at radius 1 is 0.432 bits per heavy atom. The van der Waals surface area contributed by atoms with E-state index in [0.717, 1.165) is 128 Å². The summed E-state index contributed by atoms with van der Waals surface area (Å²) >= 11 is 0. The van der Waals surface area contributed by atoms with Gasteiger partial charge in [0.2, 0.25) is 0 Å². The summed E-state index contributed by atoms with van der Waals surface area (Å²) < 4.78 is 11.6. The molecule has 3 aromatic heterocycles. The molecular weight excluding hydrogens is 1170 g/mol. The van der Waals surface area contributed by atoms with Crippen LogP contribution in [-0.4, -0.2) is 24.2 Å². The molecule has 0 fully saturated rings. The van der Waals surface area contributed by atoms with Gasteiger partial charge in [-0.2, -0.15) is 0 Å². The maximum absolute atomic E-state index is 12.8. The SMILES string of the molecule is CC(C)(C)c1cc(-c2cccc3c2nc(-c2cc(C(C)(C)C)cc(C(C)(C)C)c2O)n3-c2ccc(-c3ccccc3)cc2-c2ccccc2)[c-]c(-c2nc3ccc4c5cccc(-c6ccccc6)c5oc4c3n2-c2ccccc2)c1.[Pt]. The van der Waals surface area contributed by atoms with Crippen LogP contribution in [0.3, 0.4) is 0 Å². The number of aromatic hydroxyl groups is 1. The van der Waals surface area contributed by atoms with Crippen LogP contribution >= 0.6 is 0 Å². The Morgan fingerprint density at radius 3 is 1.67 bits per heavy atom. The number of nitrogens with zero attached hydrogens (tertiary/aromatic N) is 4. The number of para-hydroxylation sites is 3. The van der Waals surface area contributed by atoms with Crippen LogP contribution in [0, 0.1) is 6.07 Å². The first-order valence-electron chi connectivity index (χ1n) is 27.7. The second-order valence-corrected chi connectivity index (χ2v) is 24.3. The molecule has 1 N–H and O–H groups in total. The van der Waals surface area contributed by atoms with E-state index in [-0.39, 0.29) is 43.1 Å². The quantitative estimate of drug-likeness (QED) is 0.154. The normalized spacial score (nSPS) is 12.2. The molecular formula is C74H63N4O2Pt-. The number of aromatic nitrogens is 4. The fraction of sp³-hybridized carbons (Fsp3) is 0.162. The van der Waals surface area contributed by atoms with Gasteiger partial charge in [0.1, 0.15) is 22.7 Å². The molecule has 3 heterocycles. The predicted molar refractivity (Wildman–Crippen MR) is 332 cm³/mol. The van der Waals surface area contributed by atoms with Gasteiger partial charge in [-0.05, 0) is 92.6 Å². The van der Waals surface area contributed by atoms with Crippen molar-refractivity contribution in [1.82, 2.24) is 19.1 Å². The zero-order valence-corrected chi connectivity index (χ0v) is 49.4. The van der Waals surface area contributed by atoms with Gasteiger partial charge >= 0.3 is 0 Å². The van der Waals surface area contributed by atoms with E-state index in [9.17, 15) is 5.11 Å². The summed E-state index contributed by atoms with van der Waals surface area (Å²) in [5, 5.41) is 14.9. The zero-order valence-electron chi connectivity index (χ0n) is 47.2. The first-order valence-corrected chi connectivity index (χ1v) is 27.7. The molecule has 0 saturated heterocycles. The average molecular weight is 1240 g/mol. The van der Waals surface area contributed by atoms with Gasteiger partial charge in [0, 0.05) is 54.2 Å². The molecule has 0 radical (unpaired) electrons. The molecule has 0 saturated carbocycles. The van der Waals surface area contributed by atoms with Crippen molar-refractivity contribution in [1.29, 1.82) is 0 Å². The fourth-order valence-electron chi connectivity index (χ4n) is 11.5. The standard InChI is InChI=1S/C74H63N4O2.Pt/c1-72(2,3)52-41-50(40-51(42-52)70-75-62-38-37-58-57-34-22-33-56(47-26-16-11-17-27-47)68(57)80-69(58)66(62)77(70)54-30-20-13-21-31-54)55-32-23-35-64-65(55)76-71(60-44-53(73(4,5)6)45-61(67(60)79)74(7,8)9)78(64)63-39-36-49(46-24-14-10-15-25-46)43-59(63)48-28-18-12-19-29-48;/h10-39,41-45,79H,1-9H3;/q-1;. The van der Waals surface area contributed by atoms with Crippen molar-refractivity contribution >= 4 is 44.0 Å². The second kappa shape index (κ2) is 20.2. The number of furan rings is 1. The van der Waals surface area contributed by atoms with Crippen LogP contribution < -0.4 is 0 Å². The molecule has 13 rings (SSSR count). The van der Waals surface area contributed by atoms with Gasteiger partial charge in [0.25, 0.3) is 0 Å². The molecule has 402 valence electrons. The molecule has 0 spiro atoms. The Balaban J connectivity index is 0.00000651. The van der Waals surface area contributed by atoms with Crippen LogP contribution in [0.25, 0.3) is 123 Å². The van der Waals surface area contributed by atoms with Gasteiger partial charge < -0.3 is 14.1 Å². The number of fused-ring (bicyclic) bond motifs is 6. The molecule has 0 bridgehead atoms. The minimum Gasteiger partial charge on any atom is -0.507 e. The Morgan fingerprint density at radius 2 is 1.01 bits per heavy atom. The molecule has 7 heteroatoms. The van der Waals surface area contributed by atoms with Crippen LogP contribution in [0.2, 0.25) is 0 Å². The van der Waals surface area contributed by atoms with Crippen molar-refractivity contribution in [2.45, 2.75) is 78.6 Å². The first-order chi connectivity index (χ1) is 38.5. The van der Waals surface area contributed by atoms with Gasteiger partial charge in [0.15, 0.2) is 5.58 Å². The monoisotopic (exact) mass is 1230 g/mol. The summed E-state index contributed by atoms with van der Waals surface area (Å²) in [6.07, 6.45) is 0. The van der Waals surface area contributed by atoms with E-state index in [1.165, 1.54) is 0 Å². The number of benzene rings is 10. The Kier molecular flexibility index (Phi) is 13.2. The molecule has 0 aliphatic heterocycles. The fourth-order valence-corrected chi connectivity index (χ4v) is 11.5. The largest absolute Gasteiger partial charge is 0.507 e. The van der Waals surface area contributed by atoms with Crippen LogP contribution in [0.1, 0.15) is 79.0 Å². The summed E-state index contributed by atoms with van der Waals surface area (Å²) in [5.74, 6) is 1.62. The van der Waals surface area contributed by atoms with Crippen molar-refractivity contribution in [3.05, 3.63) is 235 Å². The number of rotatable bonds is 8. The Hall–Kier alpha value is -8.57. The molecule has 0 aliphatic carbocycles. The maximum atomic E-state index is 12.8. The van der Waals surface area contributed by atoms with Crippen molar-refractivity contribution in [3.8, 4) is 84.4 Å². The number of phenols is 1. The van der Waals surface area contributed by atoms with Crippen molar-refractivity contribution < 1.29 is 30.6 Å². The van der Waals surface area contributed by atoms with Gasteiger partial charge in [-0.15, -0.1) is 29.3 Å². The third kappa shape index (κ3) is 9.40. The third-order valence-electron chi connectivity index (χ3n) is 15.8. The molecule has 0 aliphatic rings. The number of hydrogen-bond donors (Lipinski definition) is 1. The molecule has 13 aromatic rings. The van der Waals surface area contributed by atoms with Gasteiger partial charge in [-0.1, -0.05) is 225 Å². The van der Waals surface area contributed by atoms with Crippen molar-refractivity contribution in [3.63, 3.8) is 0 Å². The van der Waals surface area contributed by atoms with Gasteiger partial charge in [-0.3, -0.25) is 9.55 Å². The van der Waals surface area contributed by atoms with Gasteiger partial charge in [-0.25, -0.2) is 4.98 Å². The Labute approximate surface area is 488 Å². The Bertz CT molecular complexity index is 4510. The van der Waals surface area contributed by atoms with E-state index in [1.54, 1.807) is 0 Å². The smallest absolute Gasteiger partial charge is 0.161 e. The molecule has 0 unspecified atom stereocenters. The summed E-state index contributed by atoms with van der Waals surface area (Å²) in [6.45, 7) is 20.0. The summed E-state index contributed by atoms with van der Waals surface area (Å²) in [6, 6.07) is 78.7. The van der Waals surface area contributed by atoms with E-state index in [0.29, 0.717) is 11.4 Å². The van der Waals surface area contributed by atoms with E-state index in [1.807, 2.05) is 12.1 Å². The van der Waals surface area contributed by atoms with E-state index >= 15 is 0 Å². The molecule has 81 heavy (non-hydrogen) atoms. The number of imidazole rings is 2. The van der Waals surface area contributed by atoms with E-state index in [2.05, 4.69) is 278 Å². The summed E-state index contributed by atoms with van der Waals surface area (Å²) in [5.41, 5.74) is 19.0. The number of hydrogen-bond acceptors (Lipinski definition) is 4.